The number of hydrogen-bond donors (Lipinski definition) is 0. The van der Waals surface area contributed by atoms with Gasteiger partial charge in [0, 0.05) is 6.54 Å². The van der Waals surface area contributed by atoms with E-state index in [0.717, 1.165) is 23.2 Å². The van der Waals surface area contributed by atoms with Gasteiger partial charge in [0.1, 0.15) is 11.5 Å². The Morgan fingerprint density at radius 2 is 1.36 bits per heavy atom. The summed E-state index contributed by atoms with van der Waals surface area (Å²) in [5, 5.41) is 19.3. The van der Waals surface area contributed by atoms with Crippen LogP contribution in [0.5, 0.6) is 0 Å². The van der Waals surface area contributed by atoms with Gasteiger partial charge in [-0.1, -0.05) is 91.0 Å². The molecule has 1 aliphatic heterocycles. The van der Waals surface area contributed by atoms with Crippen molar-refractivity contribution in [1.82, 2.24) is 4.90 Å². The fourth-order valence-corrected chi connectivity index (χ4v) is 5.17. The number of nitrogens with zero attached hydrogens (tertiary/aromatic N) is 3. The fraction of sp³-hybridized carbons (Fsp3) is 0.300. The maximum absolute atomic E-state index is 13.1. The van der Waals surface area contributed by atoms with Gasteiger partial charge in [-0.25, -0.2) is 0 Å². The van der Waals surface area contributed by atoms with Gasteiger partial charge < -0.3 is 9.64 Å². The second-order valence-electron chi connectivity index (χ2n) is 9.02. The molecule has 0 amide bonds. The lowest BCUT2D eigenvalue weighted by Gasteiger charge is -2.41. The first-order valence-corrected chi connectivity index (χ1v) is 12.0. The topological polar surface area (TPSA) is 77.1 Å². The predicted molar refractivity (Wildman–Crippen MR) is 142 cm³/mol. The minimum Gasteiger partial charge on any atom is -0.450 e. The Morgan fingerprint density at radius 3 is 1.83 bits per heavy atom. The number of likely N-dealkylation sites (tertiary alicyclic amines) is 1. The molecule has 6 heteroatoms. The first-order chi connectivity index (χ1) is 17.1. The molecule has 0 atom stereocenters. The summed E-state index contributed by atoms with van der Waals surface area (Å²) >= 11 is 0. The van der Waals surface area contributed by atoms with E-state index in [2.05, 4.69) is 11.0 Å². The third-order valence-corrected chi connectivity index (χ3v) is 7.22. The second-order valence-corrected chi connectivity index (χ2v) is 9.02. The van der Waals surface area contributed by atoms with Crippen molar-refractivity contribution in [2.24, 2.45) is 0 Å². The monoisotopic (exact) mass is 499 g/mol. The van der Waals surface area contributed by atoms with E-state index in [1.165, 1.54) is 0 Å². The van der Waals surface area contributed by atoms with Crippen molar-refractivity contribution in [3.63, 3.8) is 0 Å². The molecule has 1 aliphatic rings. The Hall–Kier alpha value is -3.64. The molecule has 184 valence electrons. The molecular formula is C30H30ClN3O2. The van der Waals surface area contributed by atoms with Crippen LogP contribution < -0.4 is 0 Å². The van der Waals surface area contributed by atoms with Crippen LogP contribution in [0.3, 0.4) is 0 Å². The zero-order valence-electron chi connectivity index (χ0n) is 20.2. The van der Waals surface area contributed by atoms with Crippen LogP contribution >= 0.6 is 12.4 Å². The van der Waals surface area contributed by atoms with E-state index < -0.39 is 10.8 Å². The second kappa shape index (κ2) is 12.4. The highest BCUT2D eigenvalue weighted by Gasteiger charge is 2.45. The fourth-order valence-electron chi connectivity index (χ4n) is 5.17. The lowest BCUT2D eigenvalue weighted by atomic mass is 9.71. The highest BCUT2D eigenvalue weighted by atomic mass is 35.5. The maximum atomic E-state index is 13.1. The van der Waals surface area contributed by atoms with Gasteiger partial charge in [-0.15, -0.1) is 12.4 Å². The number of halogens is 1. The van der Waals surface area contributed by atoms with Gasteiger partial charge >= 0.3 is 5.97 Å². The molecule has 5 nitrogen and oxygen atoms in total. The Morgan fingerprint density at radius 1 is 0.861 bits per heavy atom. The maximum Gasteiger partial charge on any atom is 0.317 e. The summed E-state index contributed by atoms with van der Waals surface area (Å²) in [7, 11) is 0. The zero-order chi connectivity index (χ0) is 24.6. The molecule has 0 N–H and O–H groups in total. The summed E-state index contributed by atoms with van der Waals surface area (Å²) in [5.74, 6) is -0.329. The quantitative estimate of drug-likeness (QED) is 0.387. The zero-order valence-corrected chi connectivity index (χ0v) is 21.0. The largest absolute Gasteiger partial charge is 0.450 e. The van der Waals surface area contributed by atoms with E-state index >= 15 is 0 Å². The molecule has 1 fully saturated rings. The van der Waals surface area contributed by atoms with Crippen molar-refractivity contribution in [2.45, 2.75) is 30.1 Å². The van der Waals surface area contributed by atoms with Crippen LogP contribution in [-0.4, -0.2) is 37.1 Å². The number of hydrogen-bond acceptors (Lipinski definition) is 5. The summed E-state index contributed by atoms with van der Waals surface area (Å²) in [4.78, 5) is 15.4. The predicted octanol–water partition coefficient (Wildman–Crippen LogP) is 5.41. The van der Waals surface area contributed by atoms with E-state index in [1.807, 2.05) is 97.1 Å². The Labute approximate surface area is 219 Å². The molecule has 1 saturated heterocycles. The molecule has 0 aromatic heterocycles. The Balaban J connectivity index is 0.00000361. The molecule has 0 bridgehead atoms. The average Bonchev–Trinajstić information content (AvgIpc) is 2.94. The van der Waals surface area contributed by atoms with Crippen molar-refractivity contribution in [2.75, 3.05) is 26.2 Å². The standard InChI is InChI=1S/C30H29N3O2.ClH/c31-19-23-35-28(34)29(25-10-4-1-5-11-25)16-20-33(21-17-29)22-18-30(24-32,26-12-6-2-7-13-26)27-14-8-3-9-15-27;/h1-15H,16-18,20-23H2;1H. The van der Waals surface area contributed by atoms with Crippen LogP contribution in [0.2, 0.25) is 0 Å². The molecule has 1 heterocycles. The van der Waals surface area contributed by atoms with Gasteiger partial charge in [0.05, 0.1) is 11.5 Å². The number of piperidine rings is 1. The van der Waals surface area contributed by atoms with Gasteiger partial charge in [-0.05, 0) is 49.0 Å². The summed E-state index contributed by atoms with van der Waals surface area (Å²) < 4.78 is 5.31. The number of ether oxygens (including phenoxy) is 1. The molecule has 36 heavy (non-hydrogen) atoms. The van der Waals surface area contributed by atoms with Crippen LogP contribution in [0.1, 0.15) is 36.0 Å². The minimum atomic E-state index is -0.750. The molecule has 4 rings (SSSR count). The number of nitriles is 2. The third kappa shape index (κ3) is 5.44. The molecule has 0 radical (unpaired) electrons. The van der Waals surface area contributed by atoms with Gasteiger partial charge in [0.25, 0.3) is 0 Å². The molecule has 0 unspecified atom stereocenters. The molecule has 0 saturated carbocycles. The van der Waals surface area contributed by atoms with Gasteiger partial charge in [0.15, 0.2) is 6.61 Å². The molecule has 3 aromatic rings. The number of carbonyl (C=O) groups excluding carboxylic acids is 1. The Kier molecular flexibility index (Phi) is 9.25. The van der Waals surface area contributed by atoms with Crippen LogP contribution in [0.4, 0.5) is 0 Å². The number of rotatable bonds is 8. The minimum absolute atomic E-state index is 0. The summed E-state index contributed by atoms with van der Waals surface area (Å²) in [6.45, 7) is 1.91. The molecule has 3 aromatic carbocycles. The summed E-state index contributed by atoms with van der Waals surface area (Å²) in [5.41, 5.74) is 1.42. The van der Waals surface area contributed by atoms with Crippen LogP contribution in [0.25, 0.3) is 0 Å². The van der Waals surface area contributed by atoms with Crippen molar-refractivity contribution in [3.8, 4) is 12.1 Å². The Bertz CT molecular complexity index is 1160. The van der Waals surface area contributed by atoms with Crippen molar-refractivity contribution >= 4 is 18.4 Å². The van der Waals surface area contributed by atoms with Crippen molar-refractivity contribution in [3.05, 3.63) is 108 Å². The SMILES string of the molecule is Cl.N#CCOC(=O)C1(c2ccccc2)CCN(CCC(C#N)(c2ccccc2)c2ccccc2)CC1. The average molecular weight is 500 g/mol. The van der Waals surface area contributed by atoms with E-state index in [4.69, 9.17) is 10.00 Å². The normalized spacial score (nSPS) is 15.1. The van der Waals surface area contributed by atoms with E-state index in [9.17, 15) is 10.1 Å². The lowest BCUT2D eigenvalue weighted by molar-refractivity contribution is -0.151. The molecule has 0 spiro atoms. The smallest absolute Gasteiger partial charge is 0.317 e. The lowest BCUT2D eigenvalue weighted by Crippen LogP contribution is -2.49. The number of carbonyl (C=O) groups is 1. The van der Waals surface area contributed by atoms with Crippen LogP contribution in [-0.2, 0) is 20.4 Å². The van der Waals surface area contributed by atoms with Crippen LogP contribution in [0, 0.1) is 22.7 Å². The third-order valence-electron chi connectivity index (χ3n) is 7.22. The van der Waals surface area contributed by atoms with Gasteiger partial charge in [0.2, 0.25) is 0 Å². The molecule has 0 aliphatic carbocycles. The highest BCUT2D eigenvalue weighted by Crippen LogP contribution is 2.39. The number of benzene rings is 3. The van der Waals surface area contributed by atoms with E-state index in [1.54, 1.807) is 0 Å². The summed E-state index contributed by atoms with van der Waals surface area (Å²) in [6, 6.07) is 34.2. The van der Waals surface area contributed by atoms with Crippen LogP contribution in [0.15, 0.2) is 91.0 Å². The van der Waals surface area contributed by atoms with Crippen molar-refractivity contribution in [1.29, 1.82) is 10.5 Å². The highest BCUT2D eigenvalue weighted by molar-refractivity contribution is 5.85. The molecular weight excluding hydrogens is 470 g/mol. The first kappa shape index (κ1) is 27.0. The first-order valence-electron chi connectivity index (χ1n) is 12.0. The van der Waals surface area contributed by atoms with Gasteiger partial charge in [-0.2, -0.15) is 10.5 Å². The number of esters is 1. The van der Waals surface area contributed by atoms with E-state index in [0.29, 0.717) is 32.4 Å². The van der Waals surface area contributed by atoms with E-state index in [-0.39, 0.29) is 25.0 Å². The van der Waals surface area contributed by atoms with Gasteiger partial charge in [-0.3, -0.25) is 4.79 Å². The van der Waals surface area contributed by atoms with Crippen molar-refractivity contribution < 1.29 is 9.53 Å². The summed E-state index contributed by atoms with van der Waals surface area (Å²) in [6.07, 6.45) is 1.86.